The van der Waals surface area contributed by atoms with Crippen LogP contribution in [0.4, 0.5) is 0 Å². The van der Waals surface area contributed by atoms with Crippen molar-refractivity contribution in [3.63, 3.8) is 0 Å². The normalized spacial score (nSPS) is 21.0. The molecule has 0 saturated carbocycles. The first-order chi connectivity index (χ1) is 10.9. The van der Waals surface area contributed by atoms with Crippen molar-refractivity contribution in [2.24, 2.45) is 0 Å². The van der Waals surface area contributed by atoms with Crippen LogP contribution in [0.3, 0.4) is 0 Å². The molecule has 0 aliphatic carbocycles. The van der Waals surface area contributed by atoms with Crippen LogP contribution in [0.15, 0.2) is 22.7 Å². The van der Waals surface area contributed by atoms with Crippen LogP contribution in [-0.2, 0) is 9.53 Å². The first kappa shape index (κ1) is 17.8. The van der Waals surface area contributed by atoms with Crippen molar-refractivity contribution in [2.75, 3.05) is 13.7 Å². The standard InChI is InChI=1S/C17H22BrNO4/c1-11-5-4-6-12(2)19(11)16(20)10-23-17(21)13-7-8-15(22-3)14(18)9-13/h7-9,11-12H,4-6,10H2,1-3H3/t11-,12-/m1/s1. The highest BCUT2D eigenvalue weighted by Crippen LogP contribution is 2.26. The molecule has 6 heteroatoms. The molecule has 5 nitrogen and oxygen atoms in total. The molecule has 0 aromatic heterocycles. The number of methoxy groups -OCH3 is 1. The number of esters is 1. The maximum absolute atomic E-state index is 12.3. The molecule has 1 aromatic rings. The summed E-state index contributed by atoms with van der Waals surface area (Å²) in [5.74, 6) is -0.0155. The lowest BCUT2D eigenvalue weighted by Gasteiger charge is -2.38. The first-order valence-corrected chi connectivity index (χ1v) is 8.55. The van der Waals surface area contributed by atoms with E-state index in [9.17, 15) is 9.59 Å². The van der Waals surface area contributed by atoms with Gasteiger partial charge in [-0.15, -0.1) is 0 Å². The molecule has 0 N–H and O–H groups in total. The average Bonchev–Trinajstić information content (AvgIpc) is 2.52. The van der Waals surface area contributed by atoms with E-state index in [1.165, 1.54) is 0 Å². The molecule has 0 radical (unpaired) electrons. The van der Waals surface area contributed by atoms with E-state index in [4.69, 9.17) is 9.47 Å². The van der Waals surface area contributed by atoms with Crippen LogP contribution < -0.4 is 4.74 Å². The zero-order chi connectivity index (χ0) is 17.0. The lowest BCUT2D eigenvalue weighted by molar-refractivity contribution is -0.140. The zero-order valence-electron chi connectivity index (χ0n) is 13.7. The summed E-state index contributed by atoms with van der Waals surface area (Å²) in [4.78, 5) is 26.3. The summed E-state index contributed by atoms with van der Waals surface area (Å²) in [7, 11) is 1.55. The van der Waals surface area contributed by atoms with E-state index in [0.29, 0.717) is 15.8 Å². The Balaban J connectivity index is 1.95. The Morgan fingerprint density at radius 3 is 2.48 bits per heavy atom. The van der Waals surface area contributed by atoms with Crippen LogP contribution >= 0.6 is 15.9 Å². The average molecular weight is 384 g/mol. The maximum atomic E-state index is 12.3. The molecule has 1 aliphatic rings. The topological polar surface area (TPSA) is 55.8 Å². The van der Waals surface area contributed by atoms with Crippen LogP contribution in [0.25, 0.3) is 0 Å². The van der Waals surface area contributed by atoms with Gasteiger partial charge in [-0.05, 0) is 67.2 Å². The lowest BCUT2D eigenvalue weighted by Crippen LogP contribution is -2.49. The molecule has 0 unspecified atom stereocenters. The second-order valence-corrected chi connectivity index (χ2v) is 6.71. The predicted molar refractivity (Wildman–Crippen MR) is 90.6 cm³/mol. The van der Waals surface area contributed by atoms with E-state index < -0.39 is 5.97 Å². The summed E-state index contributed by atoms with van der Waals surface area (Å²) < 4.78 is 11.0. The third-order valence-corrected chi connectivity index (χ3v) is 4.82. The van der Waals surface area contributed by atoms with Gasteiger partial charge < -0.3 is 14.4 Å². The van der Waals surface area contributed by atoms with E-state index in [2.05, 4.69) is 15.9 Å². The number of hydrogen-bond acceptors (Lipinski definition) is 4. The van der Waals surface area contributed by atoms with Crippen molar-refractivity contribution in [1.82, 2.24) is 4.90 Å². The quantitative estimate of drug-likeness (QED) is 0.747. The predicted octanol–water partition coefficient (Wildman–Crippen LogP) is 3.40. The Bertz CT molecular complexity index is 580. The van der Waals surface area contributed by atoms with Gasteiger partial charge in [0.25, 0.3) is 5.91 Å². The minimum atomic E-state index is -0.515. The fourth-order valence-corrected chi connectivity index (χ4v) is 3.53. The molecule has 1 fully saturated rings. The highest BCUT2D eigenvalue weighted by molar-refractivity contribution is 9.10. The first-order valence-electron chi connectivity index (χ1n) is 7.76. The smallest absolute Gasteiger partial charge is 0.338 e. The molecule has 0 bridgehead atoms. The molecule has 0 spiro atoms. The van der Waals surface area contributed by atoms with Crippen molar-refractivity contribution < 1.29 is 19.1 Å². The Labute approximate surface area is 145 Å². The number of nitrogens with zero attached hydrogens (tertiary/aromatic N) is 1. The van der Waals surface area contributed by atoms with Crippen LogP contribution in [0.2, 0.25) is 0 Å². The third kappa shape index (κ3) is 4.25. The van der Waals surface area contributed by atoms with Gasteiger partial charge in [-0.25, -0.2) is 4.79 Å². The van der Waals surface area contributed by atoms with Crippen molar-refractivity contribution in [2.45, 2.75) is 45.2 Å². The monoisotopic (exact) mass is 383 g/mol. The number of amides is 1. The minimum Gasteiger partial charge on any atom is -0.496 e. The fraction of sp³-hybridized carbons (Fsp3) is 0.529. The number of ether oxygens (including phenoxy) is 2. The minimum absolute atomic E-state index is 0.134. The summed E-state index contributed by atoms with van der Waals surface area (Å²) in [5, 5.41) is 0. The van der Waals surface area contributed by atoms with Gasteiger partial charge in [0.15, 0.2) is 6.61 Å². The van der Waals surface area contributed by atoms with Gasteiger partial charge in [0.2, 0.25) is 0 Å². The molecule has 1 aromatic carbocycles. The van der Waals surface area contributed by atoms with Crippen molar-refractivity contribution >= 4 is 27.8 Å². The van der Waals surface area contributed by atoms with E-state index in [-0.39, 0.29) is 24.6 Å². The van der Waals surface area contributed by atoms with E-state index in [1.807, 2.05) is 18.7 Å². The molecule has 1 saturated heterocycles. The Kier molecular flexibility index (Phi) is 6.04. The number of carbonyl (C=O) groups is 2. The highest BCUT2D eigenvalue weighted by Gasteiger charge is 2.29. The number of halogens is 1. The number of hydrogen-bond donors (Lipinski definition) is 0. The number of carbonyl (C=O) groups excluding carboxylic acids is 2. The van der Waals surface area contributed by atoms with E-state index in [0.717, 1.165) is 19.3 Å². The Morgan fingerprint density at radius 2 is 1.91 bits per heavy atom. The van der Waals surface area contributed by atoms with Gasteiger partial charge >= 0.3 is 5.97 Å². The SMILES string of the molecule is COc1ccc(C(=O)OCC(=O)N2[C@H](C)CCC[C@H]2C)cc1Br. The number of benzene rings is 1. The van der Waals surface area contributed by atoms with Gasteiger partial charge in [0.05, 0.1) is 17.1 Å². The van der Waals surface area contributed by atoms with Gasteiger partial charge in [-0.3, -0.25) is 4.79 Å². The molecular formula is C17H22BrNO4. The number of likely N-dealkylation sites (tertiary alicyclic amines) is 1. The van der Waals surface area contributed by atoms with Crippen molar-refractivity contribution in [3.8, 4) is 5.75 Å². The van der Waals surface area contributed by atoms with Gasteiger partial charge in [0, 0.05) is 12.1 Å². The van der Waals surface area contributed by atoms with E-state index >= 15 is 0 Å². The van der Waals surface area contributed by atoms with Crippen LogP contribution in [-0.4, -0.2) is 42.6 Å². The summed E-state index contributed by atoms with van der Waals surface area (Å²) in [6.45, 7) is 3.85. The molecule has 1 aliphatic heterocycles. The molecule has 2 rings (SSSR count). The largest absolute Gasteiger partial charge is 0.496 e. The van der Waals surface area contributed by atoms with Crippen LogP contribution in [0.1, 0.15) is 43.5 Å². The summed E-state index contributed by atoms with van der Waals surface area (Å²) >= 11 is 3.33. The second kappa shape index (κ2) is 7.81. The Hall–Kier alpha value is -1.56. The third-order valence-electron chi connectivity index (χ3n) is 4.20. The lowest BCUT2D eigenvalue weighted by atomic mass is 9.97. The Morgan fingerprint density at radius 1 is 1.26 bits per heavy atom. The fourth-order valence-electron chi connectivity index (χ4n) is 2.99. The molecular weight excluding hydrogens is 362 g/mol. The van der Waals surface area contributed by atoms with Gasteiger partial charge in [-0.1, -0.05) is 0 Å². The molecule has 126 valence electrons. The summed E-state index contributed by atoms with van der Waals surface area (Å²) in [5.41, 5.74) is 0.380. The second-order valence-electron chi connectivity index (χ2n) is 5.86. The zero-order valence-corrected chi connectivity index (χ0v) is 15.3. The molecule has 1 amide bonds. The molecule has 23 heavy (non-hydrogen) atoms. The van der Waals surface area contributed by atoms with Gasteiger partial charge in [0.1, 0.15) is 5.75 Å². The molecule has 2 atom stereocenters. The summed E-state index contributed by atoms with van der Waals surface area (Å²) in [6, 6.07) is 5.30. The maximum Gasteiger partial charge on any atom is 0.338 e. The van der Waals surface area contributed by atoms with Crippen molar-refractivity contribution in [1.29, 1.82) is 0 Å². The summed E-state index contributed by atoms with van der Waals surface area (Å²) in [6.07, 6.45) is 3.12. The van der Waals surface area contributed by atoms with Crippen LogP contribution in [0.5, 0.6) is 5.75 Å². The van der Waals surface area contributed by atoms with Gasteiger partial charge in [-0.2, -0.15) is 0 Å². The van der Waals surface area contributed by atoms with Crippen molar-refractivity contribution in [3.05, 3.63) is 28.2 Å². The van der Waals surface area contributed by atoms with Crippen LogP contribution in [0, 0.1) is 0 Å². The van der Waals surface area contributed by atoms with E-state index in [1.54, 1.807) is 25.3 Å². The highest BCUT2D eigenvalue weighted by atomic mass is 79.9. The number of rotatable bonds is 4. The molecule has 1 heterocycles. The number of piperidine rings is 1.